The summed E-state index contributed by atoms with van der Waals surface area (Å²) in [5, 5.41) is 3.04. The fourth-order valence-corrected chi connectivity index (χ4v) is 2.68. The van der Waals surface area contributed by atoms with E-state index in [-0.39, 0.29) is 11.3 Å². The van der Waals surface area contributed by atoms with Gasteiger partial charge in [0.25, 0.3) is 0 Å². The number of hydrogen-bond donors (Lipinski definition) is 0. The third-order valence-electron chi connectivity index (χ3n) is 2.92. The second-order valence-electron chi connectivity index (χ2n) is 5.71. The van der Waals surface area contributed by atoms with E-state index in [1.807, 2.05) is 6.92 Å². The highest BCUT2D eigenvalue weighted by molar-refractivity contribution is 7.09. The molecule has 0 aliphatic carbocycles. The van der Waals surface area contributed by atoms with Gasteiger partial charge in [-0.05, 0) is 6.42 Å². The molecular formula is C14H23NOS. The van der Waals surface area contributed by atoms with E-state index < -0.39 is 0 Å². The third kappa shape index (κ3) is 4.23. The maximum atomic E-state index is 11.9. The van der Waals surface area contributed by atoms with E-state index in [4.69, 9.17) is 0 Å². The van der Waals surface area contributed by atoms with Crippen molar-refractivity contribution >= 4 is 17.1 Å². The summed E-state index contributed by atoms with van der Waals surface area (Å²) in [4.78, 5) is 16.5. The molecule has 0 fully saturated rings. The summed E-state index contributed by atoms with van der Waals surface area (Å²) in [5.74, 6) is 0.489. The summed E-state index contributed by atoms with van der Waals surface area (Å²) in [6.07, 6.45) is 2.55. The first-order valence-electron chi connectivity index (χ1n) is 6.32. The quantitative estimate of drug-likeness (QED) is 0.794. The normalized spacial score (nSPS) is 13.7. The molecule has 17 heavy (non-hydrogen) atoms. The fraction of sp³-hybridized carbons (Fsp3) is 0.714. The SMILES string of the molecule is CCCC(C)C(=O)Cc1nc(C(C)(C)C)cs1. The van der Waals surface area contributed by atoms with Gasteiger partial charge in [-0.1, -0.05) is 41.0 Å². The summed E-state index contributed by atoms with van der Waals surface area (Å²) in [6.45, 7) is 10.6. The lowest BCUT2D eigenvalue weighted by molar-refractivity contribution is -0.121. The van der Waals surface area contributed by atoms with Gasteiger partial charge in [0.05, 0.1) is 12.1 Å². The fourth-order valence-electron chi connectivity index (χ4n) is 1.65. The van der Waals surface area contributed by atoms with Crippen LogP contribution >= 0.6 is 11.3 Å². The van der Waals surface area contributed by atoms with E-state index in [1.165, 1.54) is 0 Å². The number of hydrogen-bond acceptors (Lipinski definition) is 3. The zero-order valence-corrected chi connectivity index (χ0v) is 12.4. The minimum absolute atomic E-state index is 0.0762. The third-order valence-corrected chi connectivity index (χ3v) is 3.77. The monoisotopic (exact) mass is 253 g/mol. The Morgan fingerprint density at radius 3 is 2.59 bits per heavy atom. The Hall–Kier alpha value is -0.700. The zero-order valence-electron chi connectivity index (χ0n) is 11.5. The van der Waals surface area contributed by atoms with Gasteiger partial charge in [0.15, 0.2) is 0 Å². The molecule has 2 nitrogen and oxygen atoms in total. The van der Waals surface area contributed by atoms with Crippen molar-refractivity contribution in [2.45, 2.75) is 59.3 Å². The number of ketones is 1. The maximum Gasteiger partial charge on any atom is 0.142 e. The molecule has 0 amide bonds. The largest absolute Gasteiger partial charge is 0.299 e. The van der Waals surface area contributed by atoms with Crippen molar-refractivity contribution in [2.75, 3.05) is 0 Å². The Bertz CT molecular complexity index is 376. The molecule has 0 saturated carbocycles. The molecule has 1 aromatic heterocycles. The molecular weight excluding hydrogens is 230 g/mol. The Kier molecular flexibility index (Phi) is 4.87. The van der Waals surface area contributed by atoms with Gasteiger partial charge in [0, 0.05) is 16.7 Å². The van der Waals surface area contributed by atoms with Crippen molar-refractivity contribution in [1.29, 1.82) is 0 Å². The lowest BCUT2D eigenvalue weighted by atomic mass is 9.93. The van der Waals surface area contributed by atoms with Crippen molar-refractivity contribution in [3.05, 3.63) is 16.1 Å². The molecule has 0 N–H and O–H groups in total. The summed E-state index contributed by atoms with van der Waals surface area (Å²) in [5.41, 5.74) is 1.17. The topological polar surface area (TPSA) is 30.0 Å². The van der Waals surface area contributed by atoms with Gasteiger partial charge in [0.2, 0.25) is 0 Å². The number of aromatic nitrogens is 1. The van der Waals surface area contributed by atoms with Crippen LogP contribution < -0.4 is 0 Å². The second kappa shape index (κ2) is 5.76. The second-order valence-corrected chi connectivity index (χ2v) is 6.65. The molecule has 1 atom stereocenters. The summed E-state index contributed by atoms with van der Waals surface area (Å²) < 4.78 is 0. The van der Waals surface area contributed by atoms with Crippen LogP contribution in [0.25, 0.3) is 0 Å². The molecule has 1 heterocycles. The molecule has 0 bridgehead atoms. The number of rotatable bonds is 5. The first-order chi connectivity index (χ1) is 7.84. The van der Waals surface area contributed by atoms with E-state index in [2.05, 4.69) is 38.1 Å². The van der Waals surface area contributed by atoms with E-state index in [0.29, 0.717) is 12.2 Å². The van der Waals surface area contributed by atoms with Crippen LogP contribution in [0.2, 0.25) is 0 Å². The molecule has 0 aliphatic heterocycles. The van der Waals surface area contributed by atoms with Gasteiger partial charge >= 0.3 is 0 Å². The molecule has 0 radical (unpaired) electrons. The zero-order chi connectivity index (χ0) is 13.1. The van der Waals surface area contributed by atoms with Crippen molar-refractivity contribution in [1.82, 2.24) is 4.98 Å². The van der Waals surface area contributed by atoms with Gasteiger partial charge in [-0.3, -0.25) is 4.79 Å². The van der Waals surface area contributed by atoms with Crippen LogP contribution in [0.15, 0.2) is 5.38 Å². The maximum absolute atomic E-state index is 11.9. The first-order valence-corrected chi connectivity index (χ1v) is 7.20. The minimum Gasteiger partial charge on any atom is -0.299 e. The van der Waals surface area contributed by atoms with Crippen LogP contribution in [0.1, 0.15) is 58.2 Å². The number of thiazole rings is 1. The number of carbonyl (C=O) groups excluding carboxylic acids is 1. The van der Waals surface area contributed by atoms with Crippen LogP contribution in [-0.2, 0) is 16.6 Å². The van der Waals surface area contributed by atoms with E-state index in [1.54, 1.807) is 11.3 Å². The average Bonchev–Trinajstić information content (AvgIpc) is 2.66. The molecule has 0 aliphatic rings. The first kappa shape index (κ1) is 14.4. The van der Waals surface area contributed by atoms with Crippen LogP contribution in [0.4, 0.5) is 0 Å². The van der Waals surface area contributed by atoms with Crippen LogP contribution in [0.5, 0.6) is 0 Å². The van der Waals surface area contributed by atoms with E-state index in [9.17, 15) is 4.79 Å². The molecule has 96 valence electrons. The molecule has 1 unspecified atom stereocenters. The van der Waals surface area contributed by atoms with Crippen molar-refractivity contribution < 1.29 is 4.79 Å². The number of nitrogens with zero attached hydrogens (tertiary/aromatic N) is 1. The highest BCUT2D eigenvalue weighted by Crippen LogP contribution is 2.24. The van der Waals surface area contributed by atoms with Crippen molar-refractivity contribution in [3.8, 4) is 0 Å². The van der Waals surface area contributed by atoms with Crippen LogP contribution in [-0.4, -0.2) is 10.8 Å². The summed E-state index contributed by atoms with van der Waals surface area (Å²) in [6, 6.07) is 0. The Morgan fingerprint density at radius 2 is 2.12 bits per heavy atom. The minimum atomic E-state index is 0.0762. The van der Waals surface area contributed by atoms with E-state index >= 15 is 0 Å². The smallest absolute Gasteiger partial charge is 0.142 e. The molecule has 0 saturated heterocycles. The Balaban J connectivity index is 2.64. The van der Waals surface area contributed by atoms with Gasteiger partial charge < -0.3 is 0 Å². The Labute approximate surface area is 108 Å². The summed E-state index contributed by atoms with van der Waals surface area (Å²) in [7, 11) is 0. The van der Waals surface area contributed by atoms with Crippen LogP contribution in [0, 0.1) is 5.92 Å². The standard InChI is InChI=1S/C14H23NOS/c1-6-7-10(2)11(16)8-13-15-12(9-17-13)14(3,4)5/h9-10H,6-8H2,1-5H3. The van der Waals surface area contributed by atoms with Gasteiger partial charge in [-0.15, -0.1) is 11.3 Å². The molecule has 0 aromatic carbocycles. The highest BCUT2D eigenvalue weighted by atomic mass is 32.1. The lowest BCUT2D eigenvalue weighted by Gasteiger charge is -2.14. The average molecular weight is 253 g/mol. The predicted octanol–water partition coefficient (Wildman–Crippen LogP) is 3.99. The van der Waals surface area contributed by atoms with Crippen LogP contribution in [0.3, 0.4) is 0 Å². The molecule has 0 spiro atoms. The van der Waals surface area contributed by atoms with Crippen molar-refractivity contribution in [2.24, 2.45) is 5.92 Å². The number of carbonyl (C=O) groups is 1. The lowest BCUT2D eigenvalue weighted by Crippen LogP contribution is -2.15. The van der Waals surface area contributed by atoms with Gasteiger partial charge in [0.1, 0.15) is 10.8 Å². The van der Waals surface area contributed by atoms with Gasteiger partial charge in [-0.2, -0.15) is 0 Å². The summed E-state index contributed by atoms with van der Waals surface area (Å²) >= 11 is 1.61. The van der Waals surface area contributed by atoms with Gasteiger partial charge in [-0.25, -0.2) is 4.98 Å². The molecule has 3 heteroatoms. The molecule has 1 aromatic rings. The number of Topliss-reactive ketones (excluding diaryl/α,β-unsaturated/α-hetero) is 1. The van der Waals surface area contributed by atoms with Crippen molar-refractivity contribution in [3.63, 3.8) is 0 Å². The van der Waals surface area contributed by atoms with E-state index in [0.717, 1.165) is 23.5 Å². The highest BCUT2D eigenvalue weighted by Gasteiger charge is 2.19. The predicted molar refractivity (Wildman–Crippen MR) is 73.6 cm³/mol. The molecule has 1 rings (SSSR count). The Morgan fingerprint density at radius 1 is 1.47 bits per heavy atom.